The van der Waals surface area contributed by atoms with Gasteiger partial charge in [0.1, 0.15) is 0 Å². The molecule has 0 aliphatic carbocycles. The van der Waals surface area contributed by atoms with Gasteiger partial charge in [-0.1, -0.05) is 0 Å². The predicted octanol–water partition coefficient (Wildman–Crippen LogP) is 3.57. The van der Waals surface area contributed by atoms with Crippen LogP contribution in [-0.4, -0.2) is 19.0 Å². The number of fused-ring (bicyclic) bond motifs is 2. The molecule has 1 aromatic carbocycles. The van der Waals surface area contributed by atoms with Crippen LogP contribution < -0.4 is 9.47 Å². The largest absolute Gasteiger partial charge is 0.490 e. The van der Waals surface area contributed by atoms with Crippen molar-refractivity contribution < 1.29 is 14.3 Å². The molecule has 0 radical (unpaired) electrons. The van der Waals surface area contributed by atoms with Crippen LogP contribution in [0.2, 0.25) is 0 Å². The predicted molar refractivity (Wildman–Crippen MR) is 72.2 cm³/mol. The highest BCUT2D eigenvalue weighted by atomic mass is 32.1. The molecule has 94 valence electrons. The Bertz CT molecular complexity index is 627. The summed E-state index contributed by atoms with van der Waals surface area (Å²) in [6.07, 6.45) is 0.903. The number of rotatable bonds is 1. The molecule has 0 unspecified atom stereocenters. The highest BCUT2D eigenvalue weighted by Gasteiger charge is 2.17. The SMILES string of the molecule is CC(=O)c1sc2cc3c(cc2c1C)OCCCO3. The van der Waals surface area contributed by atoms with Crippen molar-refractivity contribution in [2.75, 3.05) is 13.2 Å². The molecule has 0 N–H and O–H groups in total. The number of hydrogen-bond donors (Lipinski definition) is 0. The van der Waals surface area contributed by atoms with Crippen LogP contribution in [0, 0.1) is 6.92 Å². The van der Waals surface area contributed by atoms with E-state index in [-0.39, 0.29) is 5.78 Å². The lowest BCUT2D eigenvalue weighted by Crippen LogP contribution is -1.97. The Morgan fingerprint density at radius 3 is 2.56 bits per heavy atom. The van der Waals surface area contributed by atoms with Gasteiger partial charge in [-0.3, -0.25) is 4.79 Å². The van der Waals surface area contributed by atoms with E-state index in [0.717, 1.165) is 38.4 Å². The van der Waals surface area contributed by atoms with Crippen LogP contribution in [-0.2, 0) is 0 Å². The number of carbonyl (C=O) groups is 1. The molecule has 0 bridgehead atoms. The van der Waals surface area contributed by atoms with Crippen molar-refractivity contribution in [1.29, 1.82) is 0 Å². The summed E-state index contributed by atoms with van der Waals surface area (Å²) in [5.41, 5.74) is 1.04. The summed E-state index contributed by atoms with van der Waals surface area (Å²) in [4.78, 5) is 12.4. The lowest BCUT2D eigenvalue weighted by Gasteiger charge is -2.07. The topological polar surface area (TPSA) is 35.5 Å². The van der Waals surface area contributed by atoms with Gasteiger partial charge in [0.15, 0.2) is 17.3 Å². The number of hydrogen-bond acceptors (Lipinski definition) is 4. The first-order chi connectivity index (χ1) is 8.66. The van der Waals surface area contributed by atoms with Gasteiger partial charge in [0.2, 0.25) is 0 Å². The summed E-state index contributed by atoms with van der Waals surface area (Å²) >= 11 is 1.53. The summed E-state index contributed by atoms with van der Waals surface area (Å²) in [6.45, 7) is 4.96. The van der Waals surface area contributed by atoms with Crippen LogP contribution in [0.25, 0.3) is 10.1 Å². The normalized spacial score (nSPS) is 14.6. The molecule has 0 fully saturated rings. The molecule has 0 spiro atoms. The Hall–Kier alpha value is -1.55. The van der Waals surface area contributed by atoms with E-state index in [1.54, 1.807) is 6.92 Å². The maximum absolute atomic E-state index is 11.6. The van der Waals surface area contributed by atoms with Crippen LogP contribution in [0.5, 0.6) is 11.5 Å². The van der Waals surface area contributed by atoms with Gasteiger partial charge in [0.05, 0.1) is 18.1 Å². The van der Waals surface area contributed by atoms with Gasteiger partial charge in [-0.15, -0.1) is 11.3 Å². The average Bonchev–Trinajstić information content (AvgIpc) is 2.53. The van der Waals surface area contributed by atoms with Crippen molar-refractivity contribution in [3.63, 3.8) is 0 Å². The fourth-order valence-electron chi connectivity index (χ4n) is 2.21. The molecule has 4 heteroatoms. The molecule has 0 saturated heterocycles. The van der Waals surface area contributed by atoms with E-state index in [2.05, 4.69) is 0 Å². The minimum Gasteiger partial charge on any atom is -0.490 e. The smallest absolute Gasteiger partial charge is 0.170 e. The van der Waals surface area contributed by atoms with Gasteiger partial charge in [-0.25, -0.2) is 0 Å². The maximum Gasteiger partial charge on any atom is 0.170 e. The highest BCUT2D eigenvalue weighted by molar-refractivity contribution is 7.21. The van der Waals surface area contributed by atoms with Gasteiger partial charge in [0, 0.05) is 22.6 Å². The van der Waals surface area contributed by atoms with Gasteiger partial charge >= 0.3 is 0 Å². The standard InChI is InChI=1S/C14H14O3S/c1-8-10-6-11-12(17-5-3-4-16-11)7-13(10)18-14(8)9(2)15/h6-7H,3-5H2,1-2H3. The Labute approximate surface area is 109 Å². The third-order valence-electron chi connectivity index (χ3n) is 3.13. The second kappa shape index (κ2) is 4.28. The molecule has 0 saturated carbocycles. The number of aryl methyl sites for hydroxylation is 1. The maximum atomic E-state index is 11.6. The number of thiophene rings is 1. The molecular weight excluding hydrogens is 248 g/mol. The molecule has 0 atom stereocenters. The zero-order valence-corrected chi connectivity index (χ0v) is 11.2. The number of Topliss-reactive ketones (excluding diaryl/α,β-unsaturated/α-hetero) is 1. The number of ether oxygens (including phenoxy) is 2. The minimum atomic E-state index is 0.116. The molecule has 18 heavy (non-hydrogen) atoms. The van der Waals surface area contributed by atoms with Crippen LogP contribution in [0.3, 0.4) is 0 Å². The van der Waals surface area contributed by atoms with E-state index in [4.69, 9.17) is 9.47 Å². The molecular formula is C14H14O3S. The van der Waals surface area contributed by atoms with Gasteiger partial charge in [-0.05, 0) is 25.5 Å². The summed E-state index contributed by atoms with van der Waals surface area (Å²) in [5, 5.41) is 1.09. The Morgan fingerprint density at radius 1 is 1.22 bits per heavy atom. The van der Waals surface area contributed by atoms with E-state index in [1.807, 2.05) is 19.1 Å². The van der Waals surface area contributed by atoms with Crippen LogP contribution in [0.1, 0.15) is 28.6 Å². The Balaban J connectivity index is 2.22. The molecule has 3 nitrogen and oxygen atoms in total. The van der Waals surface area contributed by atoms with Gasteiger partial charge in [0.25, 0.3) is 0 Å². The lowest BCUT2D eigenvalue weighted by molar-refractivity contribution is 0.102. The second-order valence-electron chi connectivity index (χ2n) is 4.46. The van der Waals surface area contributed by atoms with Crippen molar-refractivity contribution in [1.82, 2.24) is 0 Å². The first-order valence-electron chi connectivity index (χ1n) is 6.00. The summed E-state index contributed by atoms with van der Waals surface area (Å²) in [5.74, 6) is 1.69. The van der Waals surface area contributed by atoms with Crippen molar-refractivity contribution in [3.05, 3.63) is 22.6 Å². The van der Waals surface area contributed by atoms with Crippen LogP contribution in [0.15, 0.2) is 12.1 Å². The Morgan fingerprint density at radius 2 is 1.89 bits per heavy atom. The molecule has 1 aliphatic rings. The fraction of sp³-hybridized carbons (Fsp3) is 0.357. The molecule has 2 heterocycles. The van der Waals surface area contributed by atoms with E-state index in [0.29, 0.717) is 13.2 Å². The average molecular weight is 262 g/mol. The molecule has 1 aromatic heterocycles. The van der Waals surface area contributed by atoms with Crippen molar-refractivity contribution >= 4 is 27.2 Å². The molecule has 2 aromatic rings. The quantitative estimate of drug-likeness (QED) is 0.737. The lowest BCUT2D eigenvalue weighted by atomic mass is 10.1. The summed E-state index contributed by atoms with van der Waals surface area (Å²) in [7, 11) is 0. The third-order valence-corrected chi connectivity index (χ3v) is 4.48. The third kappa shape index (κ3) is 1.77. The van der Waals surface area contributed by atoms with E-state index in [1.165, 1.54) is 11.3 Å². The monoisotopic (exact) mass is 262 g/mol. The van der Waals surface area contributed by atoms with E-state index >= 15 is 0 Å². The number of ketones is 1. The van der Waals surface area contributed by atoms with Crippen molar-refractivity contribution in [2.45, 2.75) is 20.3 Å². The number of carbonyl (C=O) groups excluding carboxylic acids is 1. The summed E-state index contributed by atoms with van der Waals surface area (Å²) < 4.78 is 12.4. The Kier molecular flexibility index (Phi) is 2.74. The molecule has 0 amide bonds. The van der Waals surface area contributed by atoms with E-state index in [9.17, 15) is 4.79 Å². The second-order valence-corrected chi connectivity index (χ2v) is 5.51. The zero-order chi connectivity index (χ0) is 12.7. The minimum absolute atomic E-state index is 0.116. The fourth-order valence-corrected chi connectivity index (χ4v) is 3.33. The first-order valence-corrected chi connectivity index (χ1v) is 6.82. The summed E-state index contributed by atoms with van der Waals surface area (Å²) in [6, 6.07) is 3.98. The van der Waals surface area contributed by atoms with Crippen LogP contribution >= 0.6 is 11.3 Å². The van der Waals surface area contributed by atoms with Crippen LogP contribution in [0.4, 0.5) is 0 Å². The van der Waals surface area contributed by atoms with Gasteiger partial charge < -0.3 is 9.47 Å². The van der Waals surface area contributed by atoms with Crippen molar-refractivity contribution in [2.24, 2.45) is 0 Å². The number of benzene rings is 1. The van der Waals surface area contributed by atoms with E-state index < -0.39 is 0 Å². The first kappa shape index (κ1) is 11.5. The highest BCUT2D eigenvalue weighted by Crippen LogP contribution is 2.40. The van der Waals surface area contributed by atoms with Gasteiger partial charge in [-0.2, -0.15) is 0 Å². The van der Waals surface area contributed by atoms with Crippen molar-refractivity contribution in [3.8, 4) is 11.5 Å². The molecule has 3 rings (SSSR count). The zero-order valence-electron chi connectivity index (χ0n) is 10.4. The molecule has 1 aliphatic heterocycles.